The molecular weight excluding hydrogens is 312 g/mol. The molecule has 0 bridgehead atoms. The zero-order chi connectivity index (χ0) is 13.3. The van der Waals surface area contributed by atoms with Gasteiger partial charge in [-0.1, -0.05) is 0 Å². The first-order valence-electron chi connectivity index (χ1n) is 5.47. The Morgan fingerprint density at radius 1 is 1.61 bits per heavy atom. The van der Waals surface area contributed by atoms with Crippen molar-refractivity contribution in [2.24, 2.45) is 5.92 Å². The van der Waals surface area contributed by atoms with Crippen molar-refractivity contribution in [3.05, 3.63) is 22.6 Å². The molecule has 1 amide bonds. The Hall–Kier alpha value is -0.950. The van der Waals surface area contributed by atoms with Crippen LogP contribution in [0.2, 0.25) is 0 Å². The van der Waals surface area contributed by atoms with E-state index >= 15 is 0 Å². The molecule has 100 valence electrons. The van der Waals surface area contributed by atoms with Crippen LogP contribution in [0.5, 0.6) is 0 Å². The number of halogens is 3. The molecule has 0 aromatic carbocycles. The zero-order valence-corrected chi connectivity index (χ0v) is 11.0. The molecule has 0 radical (unpaired) electrons. The second kappa shape index (κ2) is 4.97. The van der Waals surface area contributed by atoms with Crippen LogP contribution >= 0.6 is 15.9 Å². The van der Waals surface area contributed by atoms with E-state index in [-0.39, 0.29) is 18.8 Å². The lowest BCUT2D eigenvalue weighted by Crippen LogP contribution is -2.50. The van der Waals surface area contributed by atoms with Crippen LogP contribution in [0.25, 0.3) is 0 Å². The largest absolute Gasteiger partial charge is 0.444 e. The van der Waals surface area contributed by atoms with Crippen molar-refractivity contribution in [3.63, 3.8) is 0 Å². The Labute approximate surface area is 111 Å². The summed E-state index contributed by atoms with van der Waals surface area (Å²) in [6.07, 6.45) is -0.439. The molecule has 0 aliphatic carbocycles. The van der Waals surface area contributed by atoms with Crippen molar-refractivity contribution in [1.82, 2.24) is 4.90 Å². The lowest BCUT2D eigenvalue weighted by molar-refractivity contribution is -0.113. The Kier molecular flexibility index (Phi) is 3.72. The molecule has 2 heterocycles. The number of rotatable bonds is 2. The molecule has 1 unspecified atom stereocenters. The third-order valence-electron chi connectivity index (χ3n) is 3.04. The molecular formula is C11H12BrF2NO3. The van der Waals surface area contributed by atoms with Gasteiger partial charge in [0.15, 0.2) is 10.4 Å². The quantitative estimate of drug-likeness (QED) is 0.907. The third-order valence-corrected chi connectivity index (χ3v) is 3.47. The predicted molar refractivity (Wildman–Crippen MR) is 62.5 cm³/mol. The van der Waals surface area contributed by atoms with Gasteiger partial charge in [-0.3, -0.25) is 4.79 Å². The standard InChI is InChI=1S/C11H12BrF2NO3/c12-9-2-1-8(18-9)10(17)15-4-3-11(13,14)7(5-15)6-16/h1-2,7,16H,3-6H2. The maximum atomic E-state index is 13.4. The number of nitrogens with zero attached hydrogens (tertiary/aromatic N) is 1. The molecule has 0 spiro atoms. The normalized spacial score (nSPS) is 23.1. The Morgan fingerprint density at radius 2 is 2.33 bits per heavy atom. The highest BCUT2D eigenvalue weighted by Crippen LogP contribution is 2.33. The fourth-order valence-electron chi connectivity index (χ4n) is 1.94. The van der Waals surface area contributed by atoms with Gasteiger partial charge in [0.25, 0.3) is 11.8 Å². The predicted octanol–water partition coefficient (Wildman–Crippen LogP) is 2.13. The number of likely N-dealkylation sites (tertiary alicyclic amines) is 1. The minimum Gasteiger partial charge on any atom is -0.444 e. The molecule has 1 atom stereocenters. The summed E-state index contributed by atoms with van der Waals surface area (Å²) in [5, 5.41) is 8.95. The Morgan fingerprint density at radius 3 is 2.89 bits per heavy atom. The molecule has 4 nitrogen and oxygen atoms in total. The summed E-state index contributed by atoms with van der Waals surface area (Å²) in [6.45, 7) is -0.847. The maximum Gasteiger partial charge on any atom is 0.289 e. The van der Waals surface area contributed by atoms with Crippen LogP contribution in [0.15, 0.2) is 21.2 Å². The summed E-state index contributed by atoms with van der Waals surface area (Å²) < 4.78 is 32.3. The van der Waals surface area contributed by atoms with Gasteiger partial charge in [0, 0.05) is 19.5 Å². The van der Waals surface area contributed by atoms with E-state index < -0.39 is 30.8 Å². The van der Waals surface area contributed by atoms with Gasteiger partial charge in [0.05, 0.1) is 12.5 Å². The summed E-state index contributed by atoms with van der Waals surface area (Å²) in [5.41, 5.74) is 0. The Bertz CT molecular complexity index is 449. The molecule has 1 aliphatic heterocycles. The lowest BCUT2D eigenvalue weighted by Gasteiger charge is -2.37. The third kappa shape index (κ3) is 2.56. The number of aliphatic hydroxyl groups is 1. The van der Waals surface area contributed by atoms with E-state index in [2.05, 4.69) is 15.9 Å². The number of carbonyl (C=O) groups is 1. The fraction of sp³-hybridized carbons (Fsp3) is 0.545. The highest BCUT2D eigenvalue weighted by Gasteiger charge is 2.45. The molecule has 1 fully saturated rings. The minimum absolute atomic E-state index is 0.0410. The van der Waals surface area contributed by atoms with Crippen molar-refractivity contribution in [2.75, 3.05) is 19.7 Å². The molecule has 1 aromatic heterocycles. The van der Waals surface area contributed by atoms with E-state index in [4.69, 9.17) is 9.52 Å². The number of piperidine rings is 1. The van der Waals surface area contributed by atoms with E-state index in [0.29, 0.717) is 4.67 Å². The van der Waals surface area contributed by atoms with E-state index in [1.807, 2.05) is 0 Å². The summed E-state index contributed by atoms with van der Waals surface area (Å²) in [5.74, 6) is -4.47. The van der Waals surface area contributed by atoms with Crippen LogP contribution in [-0.2, 0) is 0 Å². The number of carbonyl (C=O) groups excluding carboxylic acids is 1. The molecule has 1 saturated heterocycles. The van der Waals surface area contributed by atoms with Gasteiger partial charge in [-0.2, -0.15) is 0 Å². The highest BCUT2D eigenvalue weighted by molar-refractivity contribution is 9.10. The van der Waals surface area contributed by atoms with Gasteiger partial charge in [-0.25, -0.2) is 8.78 Å². The monoisotopic (exact) mass is 323 g/mol. The van der Waals surface area contributed by atoms with Gasteiger partial charge in [-0.05, 0) is 28.1 Å². The van der Waals surface area contributed by atoms with Crippen LogP contribution in [0.1, 0.15) is 17.0 Å². The molecule has 1 aromatic rings. The molecule has 2 rings (SSSR count). The number of alkyl halides is 2. The minimum atomic E-state index is -2.92. The van der Waals surface area contributed by atoms with Gasteiger partial charge in [-0.15, -0.1) is 0 Å². The van der Waals surface area contributed by atoms with E-state index in [1.165, 1.54) is 11.0 Å². The van der Waals surface area contributed by atoms with E-state index in [0.717, 1.165) is 0 Å². The van der Waals surface area contributed by atoms with Crippen molar-refractivity contribution >= 4 is 21.8 Å². The average Bonchev–Trinajstić information content (AvgIpc) is 2.75. The smallest absolute Gasteiger partial charge is 0.289 e. The number of furan rings is 1. The second-order valence-electron chi connectivity index (χ2n) is 4.25. The molecule has 7 heteroatoms. The zero-order valence-electron chi connectivity index (χ0n) is 9.41. The fourth-order valence-corrected chi connectivity index (χ4v) is 2.25. The summed E-state index contributed by atoms with van der Waals surface area (Å²) >= 11 is 3.07. The van der Waals surface area contributed by atoms with Crippen molar-refractivity contribution < 1.29 is 23.1 Å². The maximum absolute atomic E-state index is 13.4. The summed E-state index contributed by atoms with van der Waals surface area (Å²) in [7, 11) is 0. The van der Waals surface area contributed by atoms with Crippen LogP contribution in [0.3, 0.4) is 0 Å². The number of amides is 1. The van der Waals surface area contributed by atoms with Crippen molar-refractivity contribution in [2.45, 2.75) is 12.3 Å². The molecule has 18 heavy (non-hydrogen) atoms. The highest BCUT2D eigenvalue weighted by atomic mass is 79.9. The SMILES string of the molecule is O=C(c1ccc(Br)o1)N1CCC(F)(F)C(CO)C1. The lowest BCUT2D eigenvalue weighted by atomic mass is 9.94. The topological polar surface area (TPSA) is 53.7 Å². The van der Waals surface area contributed by atoms with Crippen LogP contribution in [0, 0.1) is 5.92 Å². The molecule has 1 N–H and O–H groups in total. The van der Waals surface area contributed by atoms with Gasteiger partial charge >= 0.3 is 0 Å². The Balaban J connectivity index is 2.09. The number of aliphatic hydroxyl groups excluding tert-OH is 1. The first-order valence-corrected chi connectivity index (χ1v) is 6.26. The van der Waals surface area contributed by atoms with E-state index in [9.17, 15) is 13.6 Å². The summed E-state index contributed by atoms with van der Waals surface area (Å²) in [6, 6.07) is 3.04. The van der Waals surface area contributed by atoms with Crippen molar-refractivity contribution in [1.29, 1.82) is 0 Å². The summed E-state index contributed by atoms with van der Waals surface area (Å²) in [4.78, 5) is 13.3. The first kappa shape index (κ1) is 13.5. The van der Waals surface area contributed by atoms with Gasteiger partial charge < -0.3 is 14.4 Å². The van der Waals surface area contributed by atoms with Crippen LogP contribution in [-0.4, -0.2) is 41.5 Å². The van der Waals surface area contributed by atoms with Gasteiger partial charge in [0.1, 0.15) is 0 Å². The van der Waals surface area contributed by atoms with Crippen LogP contribution in [0.4, 0.5) is 8.78 Å². The first-order chi connectivity index (χ1) is 8.44. The number of hydrogen-bond acceptors (Lipinski definition) is 3. The van der Waals surface area contributed by atoms with Crippen LogP contribution < -0.4 is 0 Å². The van der Waals surface area contributed by atoms with Gasteiger partial charge in [0.2, 0.25) is 0 Å². The average molecular weight is 324 g/mol. The van der Waals surface area contributed by atoms with Crippen molar-refractivity contribution in [3.8, 4) is 0 Å². The van der Waals surface area contributed by atoms with E-state index in [1.54, 1.807) is 6.07 Å². The number of hydrogen-bond donors (Lipinski definition) is 1. The molecule has 1 aliphatic rings. The molecule has 0 saturated carbocycles. The second-order valence-corrected chi connectivity index (χ2v) is 5.03.